The molecule has 1 heterocycles. The zero-order chi connectivity index (χ0) is 20.5. The summed E-state index contributed by atoms with van der Waals surface area (Å²) in [7, 11) is -3.81. The molecule has 0 aliphatic rings. The minimum absolute atomic E-state index is 0.00375. The summed E-state index contributed by atoms with van der Waals surface area (Å²) in [5.74, 6) is -0.188. The number of nitrogens with zero attached hydrogens (tertiary/aromatic N) is 2. The highest BCUT2D eigenvalue weighted by atomic mass is 35.5. The van der Waals surface area contributed by atoms with E-state index < -0.39 is 15.3 Å². The van der Waals surface area contributed by atoms with Crippen molar-refractivity contribution in [1.29, 1.82) is 0 Å². The van der Waals surface area contributed by atoms with Crippen LogP contribution in [-0.4, -0.2) is 29.1 Å². The smallest absolute Gasteiger partial charge is 0.238 e. The number of primary sulfonamides is 1. The van der Waals surface area contributed by atoms with Gasteiger partial charge in [0, 0.05) is 17.3 Å². The Labute approximate surface area is 172 Å². The van der Waals surface area contributed by atoms with Gasteiger partial charge in [-0.1, -0.05) is 29.4 Å². The third-order valence-electron chi connectivity index (χ3n) is 4.07. The molecule has 0 saturated carbocycles. The van der Waals surface area contributed by atoms with Gasteiger partial charge in [0.15, 0.2) is 5.16 Å². The van der Waals surface area contributed by atoms with E-state index in [0.717, 1.165) is 5.52 Å². The second-order valence-corrected chi connectivity index (χ2v) is 9.40. The molecule has 3 N–H and O–H groups in total. The maximum Gasteiger partial charge on any atom is 0.238 e. The average Bonchev–Trinajstić information content (AvgIpc) is 2.97. The van der Waals surface area contributed by atoms with Crippen LogP contribution in [0.5, 0.6) is 0 Å². The zero-order valence-electron chi connectivity index (χ0n) is 15.2. The first-order valence-corrected chi connectivity index (χ1v) is 11.3. The number of rotatable bonds is 6. The van der Waals surface area contributed by atoms with Crippen LogP contribution in [0.2, 0.25) is 5.02 Å². The van der Waals surface area contributed by atoms with Crippen LogP contribution in [0.15, 0.2) is 52.5 Å². The molecule has 0 saturated heterocycles. The number of anilines is 1. The summed E-state index contributed by atoms with van der Waals surface area (Å²) in [6.45, 7) is 4.35. The number of amides is 1. The van der Waals surface area contributed by atoms with Crippen LogP contribution in [0.3, 0.4) is 0 Å². The maximum atomic E-state index is 12.5. The molecular weight excluding hydrogens is 420 g/mol. The number of hydrogen-bond donors (Lipinski definition) is 2. The number of fused-ring (bicyclic) bond motifs is 1. The number of thioether (sulfide) groups is 1. The van der Waals surface area contributed by atoms with Crippen molar-refractivity contribution < 1.29 is 13.2 Å². The molecule has 7 nitrogen and oxygen atoms in total. The lowest BCUT2D eigenvalue weighted by atomic mass is 10.3. The van der Waals surface area contributed by atoms with Crippen molar-refractivity contribution >= 4 is 56.0 Å². The molecule has 1 unspecified atom stereocenters. The van der Waals surface area contributed by atoms with Crippen LogP contribution in [0, 0.1) is 0 Å². The molecular formula is C18H19ClN4O3S2. The number of nitrogens with one attached hydrogen (secondary N) is 1. The van der Waals surface area contributed by atoms with Gasteiger partial charge in [0.25, 0.3) is 0 Å². The number of aromatic nitrogens is 2. The van der Waals surface area contributed by atoms with Gasteiger partial charge in [0.1, 0.15) is 0 Å². The molecule has 0 radical (unpaired) electrons. The molecule has 1 aromatic heterocycles. The van der Waals surface area contributed by atoms with E-state index in [9.17, 15) is 13.2 Å². The van der Waals surface area contributed by atoms with E-state index in [2.05, 4.69) is 10.3 Å². The Morgan fingerprint density at radius 1 is 1.32 bits per heavy atom. The Hall–Kier alpha value is -2.07. The van der Waals surface area contributed by atoms with Crippen molar-refractivity contribution in [2.75, 3.05) is 5.32 Å². The first kappa shape index (κ1) is 20.7. The number of hydrogen-bond acceptors (Lipinski definition) is 5. The molecule has 2 aromatic carbocycles. The van der Waals surface area contributed by atoms with Crippen molar-refractivity contribution in [2.45, 2.75) is 35.7 Å². The van der Waals surface area contributed by atoms with Crippen molar-refractivity contribution in [3.05, 3.63) is 47.5 Å². The van der Waals surface area contributed by atoms with Crippen molar-refractivity contribution in [1.82, 2.24) is 9.55 Å². The van der Waals surface area contributed by atoms with E-state index in [-0.39, 0.29) is 10.8 Å². The molecule has 1 atom stereocenters. The zero-order valence-corrected chi connectivity index (χ0v) is 17.6. The number of benzene rings is 2. The van der Waals surface area contributed by atoms with Gasteiger partial charge in [-0.15, -0.1) is 0 Å². The summed E-state index contributed by atoms with van der Waals surface area (Å²) in [6, 6.07) is 11.5. The maximum absolute atomic E-state index is 12.5. The fourth-order valence-electron chi connectivity index (χ4n) is 2.68. The normalized spacial score (nSPS) is 12.9. The molecule has 10 heteroatoms. The predicted octanol–water partition coefficient (Wildman–Crippen LogP) is 3.48. The van der Waals surface area contributed by atoms with Gasteiger partial charge in [0.2, 0.25) is 15.9 Å². The van der Waals surface area contributed by atoms with E-state index in [1.165, 1.54) is 23.9 Å². The van der Waals surface area contributed by atoms with Crippen LogP contribution < -0.4 is 10.5 Å². The first-order valence-electron chi connectivity index (χ1n) is 8.45. The van der Waals surface area contributed by atoms with Crippen LogP contribution in [-0.2, 0) is 21.4 Å². The Morgan fingerprint density at radius 3 is 2.71 bits per heavy atom. The third kappa shape index (κ3) is 4.49. The fraction of sp³-hybridized carbons (Fsp3) is 0.222. The molecule has 3 rings (SSSR count). The summed E-state index contributed by atoms with van der Waals surface area (Å²) in [4.78, 5) is 17.0. The molecule has 148 valence electrons. The molecule has 28 heavy (non-hydrogen) atoms. The molecule has 0 aliphatic heterocycles. The SMILES string of the molecule is CCn1c(SC(C)C(=O)Nc2cccc(Cl)c2)nc2cc(S(N)(=O)=O)ccc21. The van der Waals surface area contributed by atoms with E-state index in [0.29, 0.717) is 27.9 Å². The quantitative estimate of drug-likeness (QED) is 0.573. The number of nitrogens with two attached hydrogens (primary N) is 1. The Kier molecular flexibility index (Phi) is 5.99. The van der Waals surface area contributed by atoms with Crippen molar-refractivity contribution in [3.63, 3.8) is 0 Å². The third-order valence-corrected chi connectivity index (χ3v) is 6.31. The molecule has 0 fully saturated rings. The van der Waals surface area contributed by atoms with Crippen molar-refractivity contribution in [2.24, 2.45) is 5.14 Å². The highest BCUT2D eigenvalue weighted by Gasteiger charge is 2.20. The van der Waals surface area contributed by atoms with Gasteiger partial charge in [-0.25, -0.2) is 18.5 Å². The van der Waals surface area contributed by atoms with Gasteiger partial charge in [0.05, 0.1) is 21.2 Å². The Morgan fingerprint density at radius 2 is 2.07 bits per heavy atom. The van der Waals surface area contributed by atoms with Gasteiger partial charge < -0.3 is 9.88 Å². The standard InChI is InChI=1S/C18H19ClN4O3S2/c1-3-23-16-8-7-14(28(20,25)26)10-15(16)22-18(23)27-11(2)17(24)21-13-6-4-5-12(19)9-13/h4-11H,3H2,1-2H3,(H,21,24)(H2,20,25,26). The summed E-state index contributed by atoms with van der Waals surface area (Å²) < 4.78 is 25.1. The summed E-state index contributed by atoms with van der Waals surface area (Å²) in [5.41, 5.74) is 1.91. The Bertz CT molecular complexity index is 1140. The minimum Gasteiger partial charge on any atom is -0.325 e. The molecule has 0 aliphatic carbocycles. The summed E-state index contributed by atoms with van der Waals surface area (Å²) >= 11 is 7.24. The largest absolute Gasteiger partial charge is 0.325 e. The number of carbonyl (C=O) groups is 1. The highest BCUT2D eigenvalue weighted by Crippen LogP contribution is 2.29. The molecule has 1 amide bonds. The number of carbonyl (C=O) groups excluding carboxylic acids is 1. The Balaban J connectivity index is 1.85. The summed E-state index contributed by atoms with van der Waals surface area (Å²) in [6.07, 6.45) is 0. The van der Waals surface area contributed by atoms with Gasteiger partial charge in [-0.2, -0.15) is 0 Å². The van der Waals surface area contributed by atoms with Crippen molar-refractivity contribution in [3.8, 4) is 0 Å². The van der Waals surface area contributed by atoms with Gasteiger partial charge >= 0.3 is 0 Å². The number of imidazole rings is 1. The van der Waals surface area contributed by atoms with Gasteiger partial charge in [-0.05, 0) is 50.2 Å². The minimum atomic E-state index is -3.81. The topological polar surface area (TPSA) is 107 Å². The summed E-state index contributed by atoms with van der Waals surface area (Å²) in [5, 5.41) is 8.76. The van der Waals surface area contributed by atoms with Crippen LogP contribution in [0.4, 0.5) is 5.69 Å². The van der Waals surface area contributed by atoms with Gasteiger partial charge in [-0.3, -0.25) is 4.79 Å². The second-order valence-electron chi connectivity index (χ2n) is 6.09. The average molecular weight is 439 g/mol. The van der Waals surface area contributed by atoms with E-state index in [1.807, 2.05) is 11.5 Å². The van der Waals surface area contributed by atoms with Crippen LogP contribution in [0.25, 0.3) is 11.0 Å². The number of halogens is 1. The van der Waals surface area contributed by atoms with E-state index >= 15 is 0 Å². The van der Waals surface area contributed by atoms with Crippen LogP contribution >= 0.6 is 23.4 Å². The van der Waals surface area contributed by atoms with Crippen LogP contribution in [0.1, 0.15) is 13.8 Å². The number of aryl methyl sites for hydroxylation is 1. The predicted molar refractivity (Wildman–Crippen MR) is 112 cm³/mol. The monoisotopic (exact) mass is 438 g/mol. The number of sulfonamides is 1. The molecule has 0 bridgehead atoms. The second kappa shape index (κ2) is 8.12. The lowest BCUT2D eigenvalue weighted by Gasteiger charge is -2.13. The van der Waals surface area contributed by atoms with E-state index in [1.54, 1.807) is 37.3 Å². The molecule has 3 aromatic rings. The lowest BCUT2D eigenvalue weighted by molar-refractivity contribution is -0.115. The van der Waals surface area contributed by atoms with E-state index in [4.69, 9.17) is 16.7 Å². The molecule has 0 spiro atoms. The highest BCUT2D eigenvalue weighted by molar-refractivity contribution is 8.00. The lowest BCUT2D eigenvalue weighted by Crippen LogP contribution is -2.22. The fourth-order valence-corrected chi connectivity index (χ4v) is 4.39. The first-order chi connectivity index (χ1) is 13.2.